The fourth-order valence-corrected chi connectivity index (χ4v) is 2.58. The summed E-state index contributed by atoms with van der Waals surface area (Å²) in [5.74, 6) is 0. The molecule has 1 heterocycles. The van der Waals surface area contributed by atoms with Crippen LogP contribution in [0.4, 0.5) is 0 Å². The lowest BCUT2D eigenvalue weighted by molar-refractivity contribution is 1.05. The van der Waals surface area contributed by atoms with Gasteiger partial charge in [0.05, 0.1) is 9.48 Å². The van der Waals surface area contributed by atoms with Gasteiger partial charge in [0.1, 0.15) is 0 Å². The Kier molecular flexibility index (Phi) is 2.50. The second kappa shape index (κ2) is 2.99. The van der Waals surface area contributed by atoms with Crippen LogP contribution in [0.5, 0.6) is 0 Å². The van der Waals surface area contributed by atoms with Gasteiger partial charge in [-0.05, 0) is 22.4 Å². The summed E-state index contributed by atoms with van der Waals surface area (Å²) < 4.78 is 1.66. The van der Waals surface area contributed by atoms with E-state index in [4.69, 9.17) is 11.6 Å². The number of aryl methyl sites for hydroxylation is 1. The average Bonchev–Trinajstić information content (AvgIpc) is 2.10. The van der Waals surface area contributed by atoms with E-state index in [2.05, 4.69) is 27.8 Å². The summed E-state index contributed by atoms with van der Waals surface area (Å²) >= 11 is 10.4. The summed E-state index contributed by atoms with van der Waals surface area (Å²) in [4.78, 5) is 4.07. The first kappa shape index (κ1) is 7.51. The van der Waals surface area contributed by atoms with Crippen molar-refractivity contribution in [2.24, 2.45) is 0 Å². The molecule has 0 spiro atoms. The van der Waals surface area contributed by atoms with Crippen molar-refractivity contribution in [1.82, 2.24) is 4.98 Å². The van der Waals surface area contributed by atoms with Gasteiger partial charge in [-0.15, -0.1) is 0 Å². The van der Waals surface area contributed by atoms with Gasteiger partial charge in [-0.25, -0.2) is 4.98 Å². The van der Waals surface area contributed by atoms with E-state index in [1.165, 1.54) is 11.3 Å². The number of halogens is 2. The van der Waals surface area contributed by atoms with Gasteiger partial charge in [0.2, 0.25) is 0 Å². The molecule has 1 nitrogen and oxygen atoms in total. The Labute approximate surface area is 71.2 Å². The molecule has 0 aliphatic heterocycles. The number of thiazole rings is 1. The van der Waals surface area contributed by atoms with Crippen LogP contribution < -0.4 is 0 Å². The minimum absolute atomic E-state index is 0.610. The molecule has 0 amide bonds. The third-order valence-electron chi connectivity index (χ3n) is 0.958. The molecular formula is C5H5BrClNS. The molecule has 0 radical (unpaired) electrons. The van der Waals surface area contributed by atoms with Gasteiger partial charge in [-0.1, -0.05) is 29.9 Å². The zero-order valence-electron chi connectivity index (χ0n) is 4.82. The SMILES string of the molecule is CCc1nc(Cl)sc1Br. The van der Waals surface area contributed by atoms with Gasteiger partial charge in [0.25, 0.3) is 0 Å². The van der Waals surface area contributed by atoms with Gasteiger partial charge < -0.3 is 0 Å². The van der Waals surface area contributed by atoms with Crippen molar-refractivity contribution in [1.29, 1.82) is 0 Å². The van der Waals surface area contributed by atoms with E-state index in [0.717, 1.165) is 15.9 Å². The van der Waals surface area contributed by atoms with Gasteiger partial charge in [0, 0.05) is 0 Å². The van der Waals surface area contributed by atoms with E-state index in [9.17, 15) is 0 Å². The molecule has 0 N–H and O–H groups in total. The molecule has 0 fully saturated rings. The summed E-state index contributed by atoms with van der Waals surface area (Å²) in [6.45, 7) is 2.05. The van der Waals surface area contributed by atoms with Crippen LogP contribution in [0.15, 0.2) is 3.79 Å². The van der Waals surface area contributed by atoms with Crippen molar-refractivity contribution in [2.75, 3.05) is 0 Å². The van der Waals surface area contributed by atoms with Crippen LogP contribution in [0.25, 0.3) is 0 Å². The second-order valence-corrected chi connectivity index (χ2v) is 4.44. The number of nitrogens with zero attached hydrogens (tertiary/aromatic N) is 1. The topological polar surface area (TPSA) is 12.9 Å². The van der Waals surface area contributed by atoms with Crippen LogP contribution in [0.1, 0.15) is 12.6 Å². The van der Waals surface area contributed by atoms with Crippen molar-refractivity contribution in [3.05, 3.63) is 13.9 Å². The predicted molar refractivity (Wildman–Crippen MR) is 44.2 cm³/mol. The Hall–Kier alpha value is 0.400. The lowest BCUT2D eigenvalue weighted by atomic mass is 10.4. The van der Waals surface area contributed by atoms with Crippen LogP contribution in [-0.2, 0) is 6.42 Å². The van der Waals surface area contributed by atoms with Crippen LogP contribution in [0.3, 0.4) is 0 Å². The highest BCUT2D eigenvalue weighted by atomic mass is 79.9. The zero-order chi connectivity index (χ0) is 6.85. The molecule has 1 rings (SSSR count). The molecule has 0 unspecified atom stereocenters. The maximum atomic E-state index is 5.62. The number of hydrogen-bond donors (Lipinski definition) is 0. The molecule has 0 atom stereocenters. The predicted octanol–water partition coefficient (Wildman–Crippen LogP) is 3.12. The van der Waals surface area contributed by atoms with E-state index in [1.807, 2.05) is 0 Å². The Balaban J connectivity index is 3.01. The third kappa shape index (κ3) is 1.66. The highest BCUT2D eigenvalue weighted by Crippen LogP contribution is 2.27. The summed E-state index contributed by atoms with van der Waals surface area (Å²) in [6, 6.07) is 0. The molecule has 4 heteroatoms. The maximum Gasteiger partial charge on any atom is 0.184 e. The first-order valence-corrected chi connectivity index (χ1v) is 4.53. The molecular weight excluding hydrogens is 221 g/mol. The smallest absolute Gasteiger partial charge is 0.184 e. The Morgan fingerprint density at radius 1 is 1.78 bits per heavy atom. The molecule has 50 valence electrons. The van der Waals surface area contributed by atoms with Crippen LogP contribution in [-0.4, -0.2) is 4.98 Å². The van der Waals surface area contributed by atoms with E-state index in [0.29, 0.717) is 4.47 Å². The van der Waals surface area contributed by atoms with Crippen LogP contribution in [0.2, 0.25) is 4.47 Å². The van der Waals surface area contributed by atoms with E-state index < -0.39 is 0 Å². The van der Waals surface area contributed by atoms with Crippen molar-refractivity contribution >= 4 is 38.9 Å². The fourth-order valence-electron chi connectivity index (χ4n) is 0.524. The van der Waals surface area contributed by atoms with E-state index in [-0.39, 0.29) is 0 Å². The van der Waals surface area contributed by atoms with Crippen molar-refractivity contribution in [3.8, 4) is 0 Å². The number of aromatic nitrogens is 1. The molecule has 0 aromatic carbocycles. The van der Waals surface area contributed by atoms with Gasteiger partial charge >= 0.3 is 0 Å². The second-order valence-electron chi connectivity index (χ2n) is 1.54. The van der Waals surface area contributed by atoms with Gasteiger partial charge in [0.15, 0.2) is 4.47 Å². The van der Waals surface area contributed by atoms with Gasteiger partial charge in [-0.3, -0.25) is 0 Å². The van der Waals surface area contributed by atoms with Crippen LogP contribution in [0, 0.1) is 0 Å². The lowest BCUT2D eigenvalue weighted by Crippen LogP contribution is -1.77. The zero-order valence-corrected chi connectivity index (χ0v) is 7.98. The molecule has 1 aromatic heterocycles. The summed E-state index contributed by atoms with van der Waals surface area (Å²) in [7, 11) is 0. The normalized spacial score (nSPS) is 10.1. The standard InChI is InChI=1S/C5H5BrClNS/c1-2-3-4(6)9-5(7)8-3/h2H2,1H3. The Bertz CT molecular complexity index is 211. The van der Waals surface area contributed by atoms with Gasteiger partial charge in [-0.2, -0.15) is 0 Å². The Morgan fingerprint density at radius 3 is 2.67 bits per heavy atom. The highest BCUT2D eigenvalue weighted by molar-refractivity contribution is 9.11. The van der Waals surface area contributed by atoms with E-state index >= 15 is 0 Å². The third-order valence-corrected chi connectivity index (χ3v) is 2.89. The highest BCUT2D eigenvalue weighted by Gasteiger charge is 2.03. The molecule has 0 saturated carbocycles. The van der Waals surface area contributed by atoms with Crippen LogP contribution >= 0.6 is 38.9 Å². The summed E-state index contributed by atoms with van der Waals surface area (Å²) in [5, 5.41) is 0. The Morgan fingerprint density at radius 2 is 2.44 bits per heavy atom. The monoisotopic (exact) mass is 225 g/mol. The average molecular weight is 227 g/mol. The minimum Gasteiger partial charge on any atom is -0.229 e. The van der Waals surface area contributed by atoms with Crippen molar-refractivity contribution in [2.45, 2.75) is 13.3 Å². The first-order chi connectivity index (χ1) is 4.24. The van der Waals surface area contributed by atoms with Crippen molar-refractivity contribution in [3.63, 3.8) is 0 Å². The minimum atomic E-state index is 0.610. The molecule has 0 bridgehead atoms. The number of hydrogen-bond acceptors (Lipinski definition) is 2. The summed E-state index contributed by atoms with van der Waals surface area (Å²) in [5.41, 5.74) is 1.05. The fraction of sp³-hybridized carbons (Fsp3) is 0.400. The largest absolute Gasteiger partial charge is 0.229 e. The maximum absolute atomic E-state index is 5.62. The quantitative estimate of drug-likeness (QED) is 0.717. The first-order valence-electron chi connectivity index (χ1n) is 2.54. The number of rotatable bonds is 1. The molecule has 0 aliphatic carbocycles. The summed E-state index contributed by atoms with van der Waals surface area (Å²) in [6.07, 6.45) is 0.934. The molecule has 0 saturated heterocycles. The van der Waals surface area contributed by atoms with Crippen molar-refractivity contribution < 1.29 is 0 Å². The molecule has 1 aromatic rings. The molecule has 0 aliphatic rings. The molecule has 9 heavy (non-hydrogen) atoms. The van der Waals surface area contributed by atoms with E-state index in [1.54, 1.807) is 0 Å². The lowest BCUT2D eigenvalue weighted by Gasteiger charge is -1.83.